The molecular weight excluding hydrogens is 470 g/mol. The van der Waals surface area contributed by atoms with Gasteiger partial charge in [-0.25, -0.2) is 4.79 Å². The van der Waals surface area contributed by atoms with E-state index in [0.29, 0.717) is 12.8 Å². The fraction of sp³-hybridized carbons (Fsp3) is 0.231. The molecule has 1 aliphatic carbocycles. The van der Waals surface area contributed by atoms with Crippen LogP contribution in [0, 0.1) is 0 Å². The van der Waals surface area contributed by atoms with Gasteiger partial charge in [0.15, 0.2) is 0 Å². The van der Waals surface area contributed by atoms with Crippen LogP contribution in [-0.2, 0) is 9.53 Å². The Morgan fingerprint density at radius 1 is 0.938 bits per heavy atom. The van der Waals surface area contributed by atoms with Crippen LogP contribution in [0.25, 0.3) is 11.1 Å². The van der Waals surface area contributed by atoms with Crippen molar-refractivity contribution in [3.63, 3.8) is 0 Å². The Morgan fingerprint density at radius 2 is 1.53 bits per heavy atom. The van der Waals surface area contributed by atoms with E-state index < -0.39 is 12.1 Å². The Kier molecular flexibility index (Phi) is 6.90. The Hall–Kier alpha value is -3.12. The molecule has 3 aromatic rings. The highest BCUT2D eigenvalue weighted by Gasteiger charge is 2.29. The first-order valence-corrected chi connectivity index (χ1v) is 11.4. The lowest BCUT2D eigenvalue weighted by atomic mass is 9.98. The lowest BCUT2D eigenvalue weighted by Gasteiger charge is -2.20. The molecule has 0 fully saturated rings. The van der Waals surface area contributed by atoms with Gasteiger partial charge in [0, 0.05) is 16.8 Å². The number of hydrogen-bond acceptors (Lipinski definition) is 3. The van der Waals surface area contributed by atoms with Crippen molar-refractivity contribution in [2.24, 2.45) is 0 Å². The number of carbonyl (C=O) groups excluding carboxylic acids is 1. The summed E-state index contributed by atoms with van der Waals surface area (Å²) < 4.78 is 6.60. The van der Waals surface area contributed by atoms with Crippen molar-refractivity contribution in [1.29, 1.82) is 0 Å². The number of carbonyl (C=O) groups is 2. The number of rotatable bonds is 8. The van der Waals surface area contributed by atoms with Crippen molar-refractivity contribution in [2.75, 3.05) is 6.61 Å². The zero-order valence-electron chi connectivity index (χ0n) is 17.5. The van der Waals surface area contributed by atoms with Crippen LogP contribution in [0.1, 0.15) is 47.9 Å². The number of halogens is 1. The van der Waals surface area contributed by atoms with Gasteiger partial charge in [0.1, 0.15) is 6.61 Å². The van der Waals surface area contributed by atoms with E-state index in [2.05, 4.69) is 45.5 Å². The van der Waals surface area contributed by atoms with Gasteiger partial charge < -0.3 is 15.2 Å². The number of hydrogen-bond donors (Lipinski definition) is 2. The minimum atomic E-state index is -0.847. The second kappa shape index (κ2) is 10.0. The molecule has 0 aliphatic heterocycles. The Morgan fingerprint density at radius 3 is 2.12 bits per heavy atom. The number of benzene rings is 3. The molecule has 1 amide bonds. The van der Waals surface area contributed by atoms with Crippen LogP contribution in [0.15, 0.2) is 77.3 Å². The summed E-state index contributed by atoms with van der Waals surface area (Å²) in [6, 6.07) is 23.7. The van der Waals surface area contributed by atoms with Crippen LogP contribution in [0.2, 0.25) is 0 Å². The molecule has 0 spiro atoms. The zero-order valence-corrected chi connectivity index (χ0v) is 19.0. The number of ether oxygens (including phenoxy) is 1. The average Bonchev–Trinajstić information content (AvgIpc) is 3.11. The molecule has 0 saturated heterocycles. The minimum absolute atomic E-state index is 0.00806. The lowest BCUT2D eigenvalue weighted by Crippen LogP contribution is -2.30. The van der Waals surface area contributed by atoms with Gasteiger partial charge in [0.25, 0.3) is 0 Å². The summed E-state index contributed by atoms with van der Waals surface area (Å²) >= 11 is 3.42. The summed E-state index contributed by atoms with van der Waals surface area (Å²) in [7, 11) is 0. The molecule has 164 valence electrons. The number of aliphatic carboxylic acids is 1. The van der Waals surface area contributed by atoms with Crippen LogP contribution >= 0.6 is 15.9 Å². The fourth-order valence-corrected chi connectivity index (χ4v) is 4.52. The third-order valence-corrected chi connectivity index (χ3v) is 6.32. The monoisotopic (exact) mass is 493 g/mol. The van der Waals surface area contributed by atoms with Crippen LogP contribution in [0.5, 0.6) is 0 Å². The normalized spacial score (nSPS) is 13.2. The molecule has 1 unspecified atom stereocenters. The van der Waals surface area contributed by atoms with Crippen molar-refractivity contribution >= 4 is 28.0 Å². The van der Waals surface area contributed by atoms with Crippen LogP contribution in [0.3, 0.4) is 0 Å². The van der Waals surface area contributed by atoms with Crippen molar-refractivity contribution in [3.05, 3.63) is 94.0 Å². The van der Waals surface area contributed by atoms with Crippen molar-refractivity contribution < 1.29 is 19.4 Å². The number of carboxylic acid groups (broad SMARTS) is 1. The molecule has 2 N–H and O–H groups in total. The standard InChI is InChI=1S/C26H24BrNO4/c27-18-14-12-17(13-15-18)24(10-5-11-25(29)30)28-26(31)32-16-23-21-8-3-1-6-19(21)20-7-2-4-9-22(20)23/h1-4,6-9,12-15,23-24H,5,10-11,16H2,(H,28,31)(H,29,30). The smallest absolute Gasteiger partial charge is 0.407 e. The number of fused-ring (bicyclic) bond motifs is 3. The Bertz CT molecular complexity index is 1070. The topological polar surface area (TPSA) is 75.6 Å². The highest BCUT2D eigenvalue weighted by molar-refractivity contribution is 9.10. The van der Waals surface area contributed by atoms with Crippen molar-refractivity contribution in [2.45, 2.75) is 31.2 Å². The van der Waals surface area contributed by atoms with E-state index in [1.165, 1.54) is 11.1 Å². The molecule has 0 bridgehead atoms. The highest BCUT2D eigenvalue weighted by atomic mass is 79.9. The lowest BCUT2D eigenvalue weighted by molar-refractivity contribution is -0.137. The predicted octanol–water partition coefficient (Wildman–Crippen LogP) is 6.28. The highest BCUT2D eigenvalue weighted by Crippen LogP contribution is 2.44. The van der Waals surface area contributed by atoms with E-state index in [1.807, 2.05) is 48.5 Å². The largest absolute Gasteiger partial charge is 0.481 e. The third kappa shape index (κ3) is 5.02. The van der Waals surface area contributed by atoms with Gasteiger partial charge in [-0.15, -0.1) is 0 Å². The van der Waals surface area contributed by atoms with E-state index in [-0.39, 0.29) is 25.0 Å². The number of amides is 1. The van der Waals surface area contributed by atoms with Gasteiger partial charge in [0.2, 0.25) is 0 Å². The first-order valence-electron chi connectivity index (χ1n) is 10.6. The summed E-state index contributed by atoms with van der Waals surface area (Å²) in [5.74, 6) is -0.855. The Balaban J connectivity index is 1.44. The van der Waals surface area contributed by atoms with Gasteiger partial charge in [-0.3, -0.25) is 4.79 Å². The molecule has 1 atom stereocenters. The average molecular weight is 494 g/mol. The van der Waals surface area contributed by atoms with Crippen LogP contribution < -0.4 is 5.32 Å². The molecule has 6 heteroatoms. The second-order valence-corrected chi connectivity index (χ2v) is 8.78. The Labute approximate surface area is 195 Å². The summed E-state index contributed by atoms with van der Waals surface area (Å²) in [5, 5.41) is 11.9. The van der Waals surface area contributed by atoms with Crippen LogP contribution in [-0.4, -0.2) is 23.8 Å². The number of alkyl carbamates (subject to hydrolysis) is 1. The molecule has 0 aromatic heterocycles. The van der Waals surface area contributed by atoms with Crippen molar-refractivity contribution in [1.82, 2.24) is 5.32 Å². The van der Waals surface area contributed by atoms with Gasteiger partial charge in [-0.05, 0) is 52.8 Å². The first kappa shape index (κ1) is 22.1. The van der Waals surface area contributed by atoms with Gasteiger partial charge in [-0.1, -0.05) is 76.6 Å². The molecule has 3 aromatic carbocycles. The summed E-state index contributed by atoms with van der Waals surface area (Å²) in [6.07, 6.45) is 0.521. The summed E-state index contributed by atoms with van der Waals surface area (Å²) in [4.78, 5) is 23.6. The molecule has 1 aliphatic rings. The molecule has 5 nitrogen and oxygen atoms in total. The molecule has 32 heavy (non-hydrogen) atoms. The zero-order chi connectivity index (χ0) is 22.5. The first-order chi connectivity index (χ1) is 15.5. The van der Waals surface area contributed by atoms with E-state index in [1.54, 1.807) is 0 Å². The number of nitrogens with one attached hydrogen (secondary N) is 1. The second-order valence-electron chi connectivity index (χ2n) is 7.86. The molecular formula is C26H24BrNO4. The minimum Gasteiger partial charge on any atom is -0.481 e. The maximum absolute atomic E-state index is 12.7. The molecule has 0 saturated carbocycles. The van der Waals surface area contributed by atoms with Gasteiger partial charge in [-0.2, -0.15) is 0 Å². The quantitative estimate of drug-likeness (QED) is 0.386. The van der Waals surface area contributed by atoms with Gasteiger partial charge >= 0.3 is 12.1 Å². The molecule has 0 heterocycles. The number of carboxylic acids is 1. The fourth-order valence-electron chi connectivity index (χ4n) is 4.26. The molecule has 4 rings (SSSR count). The molecule has 0 radical (unpaired) electrons. The summed E-state index contributed by atoms with van der Waals surface area (Å²) in [5.41, 5.74) is 5.59. The van der Waals surface area contributed by atoms with Gasteiger partial charge in [0.05, 0.1) is 6.04 Å². The SMILES string of the molecule is O=C(O)CCCC(NC(=O)OCC1c2ccccc2-c2ccccc21)c1ccc(Br)cc1. The van der Waals surface area contributed by atoms with E-state index >= 15 is 0 Å². The van der Waals surface area contributed by atoms with E-state index in [4.69, 9.17) is 9.84 Å². The maximum atomic E-state index is 12.7. The predicted molar refractivity (Wildman–Crippen MR) is 127 cm³/mol. The summed E-state index contributed by atoms with van der Waals surface area (Å²) in [6.45, 7) is 0.238. The third-order valence-electron chi connectivity index (χ3n) is 5.79. The maximum Gasteiger partial charge on any atom is 0.407 e. The van der Waals surface area contributed by atoms with Crippen LogP contribution in [0.4, 0.5) is 4.79 Å². The van der Waals surface area contributed by atoms with Crippen molar-refractivity contribution in [3.8, 4) is 11.1 Å². The van der Waals surface area contributed by atoms with E-state index in [9.17, 15) is 9.59 Å². The van der Waals surface area contributed by atoms with E-state index in [0.717, 1.165) is 21.2 Å².